The molecule has 42 heavy (non-hydrogen) atoms. The molecule has 2 fully saturated rings. The van der Waals surface area contributed by atoms with E-state index in [0.717, 1.165) is 86.2 Å². The lowest BCUT2D eigenvalue weighted by Gasteiger charge is -2.43. The molecule has 0 amide bonds. The Kier molecular flexibility index (Phi) is 9.41. The van der Waals surface area contributed by atoms with Gasteiger partial charge < -0.3 is 34.8 Å². The molecule has 11 nitrogen and oxygen atoms in total. The summed E-state index contributed by atoms with van der Waals surface area (Å²) in [6.07, 6.45) is 7.06. The van der Waals surface area contributed by atoms with Crippen molar-refractivity contribution in [2.24, 2.45) is 7.05 Å². The summed E-state index contributed by atoms with van der Waals surface area (Å²) in [5.74, 6) is 0.590. The van der Waals surface area contributed by atoms with E-state index >= 15 is 0 Å². The van der Waals surface area contributed by atoms with Crippen LogP contribution in [0.2, 0.25) is 0 Å². The van der Waals surface area contributed by atoms with Gasteiger partial charge in [0.2, 0.25) is 0 Å². The van der Waals surface area contributed by atoms with Crippen LogP contribution in [0.1, 0.15) is 19.4 Å². The van der Waals surface area contributed by atoms with Crippen molar-refractivity contribution in [1.29, 1.82) is 0 Å². The van der Waals surface area contributed by atoms with E-state index in [4.69, 9.17) is 4.74 Å². The first-order valence-electron chi connectivity index (χ1n) is 14.6. The highest BCUT2D eigenvalue weighted by molar-refractivity contribution is 5.75. The fourth-order valence-corrected chi connectivity index (χ4v) is 5.52. The zero-order chi connectivity index (χ0) is 29.6. The molecule has 11 heteroatoms. The molecule has 224 valence electrons. The van der Waals surface area contributed by atoms with Crippen molar-refractivity contribution < 1.29 is 9.84 Å². The molecule has 0 atom stereocenters. The number of piperazine rings is 1. The number of allylic oxidation sites excluding steroid dienone is 1. The smallest absolute Gasteiger partial charge is 0.274 e. The number of hydrogen-bond donors (Lipinski definition) is 3. The Balaban J connectivity index is 1.30. The molecule has 3 aromatic heterocycles. The number of ether oxygens (including phenoxy) is 1. The highest BCUT2D eigenvalue weighted by Gasteiger charge is 2.29. The third kappa shape index (κ3) is 6.59. The van der Waals surface area contributed by atoms with Crippen LogP contribution in [0, 0.1) is 0 Å². The van der Waals surface area contributed by atoms with Crippen LogP contribution in [0.15, 0.2) is 60.1 Å². The molecule has 3 aromatic rings. The van der Waals surface area contributed by atoms with Crippen LogP contribution >= 0.6 is 0 Å². The van der Waals surface area contributed by atoms with E-state index in [2.05, 4.69) is 48.8 Å². The topological polar surface area (TPSA) is 111 Å². The number of likely N-dealkylation sites (N-methyl/N-ethyl adjacent to an activating group) is 1. The third-order valence-electron chi connectivity index (χ3n) is 8.16. The molecule has 2 saturated heterocycles. The molecule has 0 spiro atoms. The molecule has 0 saturated carbocycles. The van der Waals surface area contributed by atoms with Crippen molar-refractivity contribution in [3.05, 3.63) is 71.2 Å². The van der Waals surface area contributed by atoms with Crippen LogP contribution < -0.4 is 21.1 Å². The van der Waals surface area contributed by atoms with Gasteiger partial charge in [-0.05, 0) is 32.0 Å². The fraction of sp³-hybridized carbons (Fsp3) is 0.452. The molecule has 0 unspecified atom stereocenters. The number of nitrogens with zero attached hydrogens (tertiary/aromatic N) is 6. The number of aryl methyl sites for hydroxylation is 1. The van der Waals surface area contributed by atoms with Crippen LogP contribution in [-0.4, -0.2) is 94.5 Å². The lowest BCUT2D eigenvalue weighted by Crippen LogP contribution is -2.56. The zero-order valence-electron chi connectivity index (χ0n) is 24.8. The monoisotopic (exact) mass is 574 g/mol. The van der Waals surface area contributed by atoms with Crippen molar-refractivity contribution >= 4 is 22.9 Å². The minimum atomic E-state index is -0.173. The number of aliphatic hydroxyl groups excluding tert-OH is 1. The van der Waals surface area contributed by atoms with Gasteiger partial charge >= 0.3 is 0 Å². The second-order valence-corrected chi connectivity index (χ2v) is 10.9. The molecule has 2 aliphatic rings. The van der Waals surface area contributed by atoms with Crippen molar-refractivity contribution in [3.63, 3.8) is 0 Å². The summed E-state index contributed by atoms with van der Waals surface area (Å²) in [5.41, 5.74) is 5.31. The summed E-state index contributed by atoms with van der Waals surface area (Å²) in [5, 5.41) is 16.9. The fourth-order valence-electron chi connectivity index (χ4n) is 5.52. The maximum Gasteiger partial charge on any atom is 0.274 e. The van der Waals surface area contributed by atoms with Gasteiger partial charge in [-0.25, -0.2) is 4.98 Å². The van der Waals surface area contributed by atoms with E-state index in [1.165, 1.54) is 4.57 Å². The lowest BCUT2D eigenvalue weighted by molar-refractivity contribution is -0.0660. The van der Waals surface area contributed by atoms with Gasteiger partial charge in [-0.1, -0.05) is 6.58 Å². The summed E-state index contributed by atoms with van der Waals surface area (Å²) in [6.45, 7) is 15.9. The molecule has 5 rings (SSSR count). The minimum absolute atomic E-state index is 0.171. The molecular formula is C31H42N8O3. The maximum atomic E-state index is 13.1. The summed E-state index contributed by atoms with van der Waals surface area (Å²) in [6, 6.07) is 6.31. The van der Waals surface area contributed by atoms with E-state index in [9.17, 15) is 9.90 Å². The number of anilines is 4. The number of aromatic nitrogens is 3. The predicted octanol–water partition coefficient (Wildman–Crippen LogP) is 2.87. The average Bonchev–Trinajstić information content (AvgIpc) is 2.97. The van der Waals surface area contributed by atoms with E-state index < -0.39 is 0 Å². The van der Waals surface area contributed by atoms with Gasteiger partial charge in [0.25, 0.3) is 5.56 Å². The van der Waals surface area contributed by atoms with E-state index in [1.54, 1.807) is 31.7 Å². The molecule has 0 radical (unpaired) electrons. The third-order valence-corrected chi connectivity index (χ3v) is 8.16. The van der Waals surface area contributed by atoms with Crippen molar-refractivity contribution in [1.82, 2.24) is 24.3 Å². The van der Waals surface area contributed by atoms with Crippen LogP contribution in [0.25, 0.3) is 11.1 Å². The standard InChI is InChI=1S/C31H42N8O3/c1-5-37(22(2)3)9-8-33-29-17-32-16-26(27(29)19-40)23-14-28(31(41)36(4)18-23)35-30-7-6-24(15-34-30)38-10-12-39(13-11-38)25-20-42-21-25/h6-7,14-18,25,33,40H,2,5,8-13,19-21H2,1,3-4H3,(H,34,35). The Morgan fingerprint density at radius 2 is 1.95 bits per heavy atom. The SMILES string of the molecule is C=C(C)N(CC)CCNc1cncc(-c2cc(Nc3ccc(N4CCN(C5COC5)CC4)cn3)c(=O)n(C)c2)c1CO. The highest BCUT2D eigenvalue weighted by Crippen LogP contribution is 2.30. The minimum Gasteiger partial charge on any atom is -0.392 e. The highest BCUT2D eigenvalue weighted by atomic mass is 16.5. The first kappa shape index (κ1) is 29.6. The number of rotatable bonds is 12. The Labute approximate surface area is 247 Å². The van der Waals surface area contributed by atoms with Crippen LogP contribution in [0.4, 0.5) is 22.9 Å². The van der Waals surface area contributed by atoms with E-state index in [0.29, 0.717) is 24.1 Å². The Hall–Kier alpha value is -3.93. The van der Waals surface area contributed by atoms with Crippen LogP contribution in [-0.2, 0) is 18.4 Å². The molecule has 2 aliphatic heterocycles. The molecule has 0 aromatic carbocycles. The Morgan fingerprint density at radius 1 is 1.17 bits per heavy atom. The molecular weight excluding hydrogens is 532 g/mol. The first-order chi connectivity index (χ1) is 20.4. The van der Waals surface area contributed by atoms with Gasteiger partial charge in [0.05, 0.1) is 49.6 Å². The number of pyridine rings is 3. The Bertz CT molecular complexity index is 1430. The first-order valence-corrected chi connectivity index (χ1v) is 14.6. The lowest BCUT2D eigenvalue weighted by atomic mass is 10.0. The van der Waals surface area contributed by atoms with Gasteiger partial charge in [-0.2, -0.15) is 0 Å². The second kappa shape index (κ2) is 13.4. The van der Waals surface area contributed by atoms with Gasteiger partial charge in [0.1, 0.15) is 11.5 Å². The van der Waals surface area contributed by atoms with Crippen molar-refractivity contribution in [2.45, 2.75) is 26.5 Å². The summed E-state index contributed by atoms with van der Waals surface area (Å²) in [7, 11) is 1.72. The largest absolute Gasteiger partial charge is 0.392 e. The van der Waals surface area contributed by atoms with Crippen molar-refractivity contribution in [3.8, 4) is 11.1 Å². The summed E-state index contributed by atoms with van der Waals surface area (Å²) < 4.78 is 6.87. The molecule has 0 aliphatic carbocycles. The maximum absolute atomic E-state index is 13.1. The quantitative estimate of drug-likeness (QED) is 0.299. The van der Waals surface area contributed by atoms with E-state index in [1.807, 2.05) is 25.3 Å². The van der Waals surface area contributed by atoms with E-state index in [-0.39, 0.29) is 12.2 Å². The normalized spacial score (nSPS) is 15.8. The zero-order valence-corrected chi connectivity index (χ0v) is 24.8. The van der Waals surface area contributed by atoms with Gasteiger partial charge in [-0.3, -0.25) is 14.7 Å². The molecule has 3 N–H and O–H groups in total. The molecule has 0 bridgehead atoms. The van der Waals surface area contributed by atoms with Gasteiger partial charge in [0.15, 0.2) is 0 Å². The van der Waals surface area contributed by atoms with Crippen LogP contribution in [0.3, 0.4) is 0 Å². The summed E-state index contributed by atoms with van der Waals surface area (Å²) in [4.78, 5) is 29.1. The summed E-state index contributed by atoms with van der Waals surface area (Å²) >= 11 is 0. The average molecular weight is 575 g/mol. The number of hydrogen-bond acceptors (Lipinski definition) is 10. The molecule has 5 heterocycles. The van der Waals surface area contributed by atoms with Gasteiger partial charge in [-0.15, -0.1) is 0 Å². The van der Waals surface area contributed by atoms with Gasteiger partial charge in [0, 0.05) is 87.6 Å². The van der Waals surface area contributed by atoms with Crippen LogP contribution in [0.5, 0.6) is 0 Å². The number of nitrogens with one attached hydrogen (secondary N) is 2. The number of aliphatic hydroxyl groups is 1. The van der Waals surface area contributed by atoms with Crippen molar-refractivity contribution in [2.75, 3.05) is 74.6 Å². The second-order valence-electron chi connectivity index (χ2n) is 10.9. The Morgan fingerprint density at radius 3 is 2.57 bits per heavy atom. The predicted molar refractivity (Wildman–Crippen MR) is 167 cm³/mol.